The number of nitrogens with one attached hydrogen (secondary N) is 1. The van der Waals surface area contributed by atoms with Crippen LogP contribution in [0.5, 0.6) is 0 Å². The van der Waals surface area contributed by atoms with E-state index in [4.69, 9.17) is 5.11 Å². The Morgan fingerprint density at radius 3 is 2.31 bits per heavy atom. The first kappa shape index (κ1) is 15.1. The molecule has 0 saturated heterocycles. The lowest BCUT2D eigenvalue weighted by atomic mass is 10.4. The molecule has 0 rings (SSSR count). The van der Waals surface area contributed by atoms with Gasteiger partial charge >= 0.3 is 12.1 Å². The lowest BCUT2D eigenvalue weighted by Crippen LogP contribution is -2.43. The number of carboxylic acid groups (broad SMARTS) is 1. The predicted molar refractivity (Wildman–Crippen MR) is 47.9 cm³/mol. The van der Waals surface area contributed by atoms with Gasteiger partial charge in [-0.2, -0.15) is 30.6 Å². The van der Waals surface area contributed by atoms with E-state index in [0.717, 1.165) is 7.05 Å². The zero-order chi connectivity index (χ0) is 13.0. The Hall–Kier alpha value is -0.870. The molecule has 16 heavy (non-hydrogen) atoms. The first-order valence-corrected chi connectivity index (χ1v) is 5.48. The van der Waals surface area contributed by atoms with Crippen LogP contribution in [0.25, 0.3) is 0 Å². The smallest absolute Gasteiger partial charge is 0.402 e. The van der Waals surface area contributed by atoms with E-state index in [1.807, 2.05) is 0 Å². The molecule has 6 nitrogen and oxygen atoms in total. The van der Waals surface area contributed by atoms with Gasteiger partial charge in [0.25, 0.3) is 10.2 Å². The number of alkyl halides is 3. The largest absolute Gasteiger partial charge is 0.481 e. The number of nitrogens with zero attached hydrogens (tertiary/aromatic N) is 1. The molecule has 0 amide bonds. The van der Waals surface area contributed by atoms with E-state index in [2.05, 4.69) is 0 Å². The van der Waals surface area contributed by atoms with Crippen LogP contribution in [-0.2, 0) is 15.0 Å². The Bertz CT molecular complexity index is 340. The molecule has 0 unspecified atom stereocenters. The van der Waals surface area contributed by atoms with Crippen LogP contribution in [0.3, 0.4) is 0 Å². The second-order valence-corrected chi connectivity index (χ2v) is 4.77. The fourth-order valence-corrected chi connectivity index (χ4v) is 1.55. The molecule has 0 bridgehead atoms. The van der Waals surface area contributed by atoms with E-state index in [0.29, 0.717) is 4.31 Å². The Balaban J connectivity index is 4.27. The zero-order valence-corrected chi connectivity index (χ0v) is 9.10. The highest BCUT2D eigenvalue weighted by Gasteiger charge is 2.30. The van der Waals surface area contributed by atoms with Crippen LogP contribution in [0.4, 0.5) is 13.2 Å². The third kappa shape index (κ3) is 6.58. The summed E-state index contributed by atoms with van der Waals surface area (Å²) in [7, 11) is -3.30. The van der Waals surface area contributed by atoms with Gasteiger partial charge in [-0.25, -0.2) is 0 Å². The molecule has 2 N–H and O–H groups in total. The van der Waals surface area contributed by atoms with Crippen LogP contribution in [0.15, 0.2) is 0 Å². The lowest BCUT2D eigenvalue weighted by Gasteiger charge is -2.17. The standard InChI is InChI=1S/C6H11F3N2O4S/c1-11(3-2-5(12)13)16(14,15)10-4-6(7,8)9/h10H,2-4H2,1H3,(H,12,13). The summed E-state index contributed by atoms with van der Waals surface area (Å²) in [6.07, 6.45) is -5.13. The molecule has 0 aromatic heterocycles. The quantitative estimate of drug-likeness (QED) is 0.695. The van der Waals surface area contributed by atoms with Crippen molar-refractivity contribution >= 4 is 16.2 Å². The summed E-state index contributed by atoms with van der Waals surface area (Å²) in [6, 6.07) is 0. The summed E-state index contributed by atoms with van der Waals surface area (Å²) < 4.78 is 59.2. The fourth-order valence-electron chi connectivity index (χ4n) is 0.656. The Labute approximate surface area is 90.2 Å². The van der Waals surface area contributed by atoms with Crippen molar-refractivity contribution in [2.45, 2.75) is 12.6 Å². The van der Waals surface area contributed by atoms with E-state index in [-0.39, 0.29) is 0 Å². The second-order valence-electron chi connectivity index (χ2n) is 2.91. The Morgan fingerprint density at radius 1 is 1.44 bits per heavy atom. The molecule has 0 spiro atoms. The number of halogens is 3. The molecule has 0 aromatic rings. The monoisotopic (exact) mass is 264 g/mol. The van der Waals surface area contributed by atoms with Gasteiger partial charge in [-0.15, -0.1) is 0 Å². The van der Waals surface area contributed by atoms with Crippen molar-refractivity contribution in [3.8, 4) is 0 Å². The molecular formula is C6H11F3N2O4S. The minimum absolute atomic E-state index is 0.400. The highest BCUT2D eigenvalue weighted by Crippen LogP contribution is 2.13. The predicted octanol–water partition coefficient (Wildman–Crippen LogP) is -0.210. The number of hydrogen-bond donors (Lipinski definition) is 2. The van der Waals surface area contributed by atoms with Gasteiger partial charge in [-0.3, -0.25) is 4.79 Å². The number of carboxylic acids is 1. The van der Waals surface area contributed by atoms with Gasteiger partial charge in [0.2, 0.25) is 0 Å². The Kier molecular flexibility index (Phi) is 5.16. The molecular weight excluding hydrogens is 253 g/mol. The summed E-state index contributed by atoms with van der Waals surface area (Å²) in [4.78, 5) is 10.1. The summed E-state index contributed by atoms with van der Waals surface area (Å²) in [6.45, 7) is -2.09. The SMILES string of the molecule is CN(CCC(=O)O)S(=O)(=O)NCC(F)(F)F. The van der Waals surface area contributed by atoms with E-state index in [9.17, 15) is 26.4 Å². The molecule has 0 fully saturated rings. The summed E-state index contributed by atoms with van der Waals surface area (Å²) in [5.41, 5.74) is 0. The van der Waals surface area contributed by atoms with Gasteiger partial charge in [-0.1, -0.05) is 0 Å². The van der Waals surface area contributed by atoms with Crippen molar-refractivity contribution in [2.75, 3.05) is 20.1 Å². The molecule has 0 radical (unpaired) electrons. The zero-order valence-electron chi connectivity index (χ0n) is 8.28. The molecule has 0 atom stereocenters. The van der Waals surface area contributed by atoms with Crippen molar-refractivity contribution in [3.63, 3.8) is 0 Å². The van der Waals surface area contributed by atoms with Gasteiger partial charge in [0.1, 0.15) is 6.54 Å². The van der Waals surface area contributed by atoms with Crippen LogP contribution in [-0.4, -0.2) is 50.1 Å². The van der Waals surface area contributed by atoms with Crippen LogP contribution >= 0.6 is 0 Å². The maximum atomic E-state index is 11.7. The number of carbonyl (C=O) groups is 1. The topological polar surface area (TPSA) is 86.7 Å². The maximum absolute atomic E-state index is 11.7. The molecule has 0 aliphatic carbocycles. The highest BCUT2D eigenvalue weighted by molar-refractivity contribution is 7.87. The van der Waals surface area contributed by atoms with Crippen molar-refractivity contribution in [2.24, 2.45) is 0 Å². The van der Waals surface area contributed by atoms with Crippen LogP contribution < -0.4 is 4.72 Å². The van der Waals surface area contributed by atoms with Crippen molar-refractivity contribution in [3.05, 3.63) is 0 Å². The van der Waals surface area contributed by atoms with E-state index in [1.54, 1.807) is 0 Å². The normalized spacial score (nSPS) is 13.1. The van der Waals surface area contributed by atoms with Gasteiger partial charge < -0.3 is 5.11 Å². The number of hydrogen-bond acceptors (Lipinski definition) is 3. The van der Waals surface area contributed by atoms with E-state index < -0.39 is 41.9 Å². The molecule has 0 aliphatic heterocycles. The Morgan fingerprint density at radius 2 is 1.94 bits per heavy atom. The van der Waals surface area contributed by atoms with Crippen molar-refractivity contribution < 1.29 is 31.5 Å². The molecule has 0 aliphatic rings. The van der Waals surface area contributed by atoms with Crippen LogP contribution in [0.1, 0.15) is 6.42 Å². The van der Waals surface area contributed by atoms with Gasteiger partial charge in [-0.05, 0) is 0 Å². The third-order valence-electron chi connectivity index (χ3n) is 1.51. The third-order valence-corrected chi connectivity index (χ3v) is 3.02. The summed E-state index contributed by atoms with van der Waals surface area (Å²) in [5.74, 6) is -1.24. The van der Waals surface area contributed by atoms with Crippen LogP contribution in [0.2, 0.25) is 0 Å². The maximum Gasteiger partial charge on any atom is 0.402 e. The van der Waals surface area contributed by atoms with Crippen LogP contribution in [0, 0.1) is 0 Å². The summed E-state index contributed by atoms with van der Waals surface area (Å²) >= 11 is 0. The average Bonchev–Trinajstić information content (AvgIpc) is 2.10. The fraction of sp³-hybridized carbons (Fsp3) is 0.833. The molecule has 96 valence electrons. The van der Waals surface area contributed by atoms with Gasteiger partial charge in [0, 0.05) is 13.6 Å². The highest BCUT2D eigenvalue weighted by atomic mass is 32.2. The lowest BCUT2D eigenvalue weighted by molar-refractivity contribution is -0.137. The van der Waals surface area contributed by atoms with Crippen molar-refractivity contribution in [1.82, 2.24) is 9.03 Å². The first-order chi connectivity index (χ1) is 7.04. The molecule has 0 heterocycles. The molecule has 0 saturated carbocycles. The molecule has 10 heteroatoms. The number of aliphatic carboxylic acids is 1. The molecule has 0 aromatic carbocycles. The number of rotatable bonds is 6. The average molecular weight is 264 g/mol. The minimum atomic E-state index is -4.65. The second kappa shape index (κ2) is 5.46. The van der Waals surface area contributed by atoms with E-state index in [1.165, 1.54) is 4.72 Å². The summed E-state index contributed by atoms with van der Waals surface area (Å²) in [5, 5.41) is 8.27. The minimum Gasteiger partial charge on any atom is -0.481 e. The van der Waals surface area contributed by atoms with Crippen molar-refractivity contribution in [1.29, 1.82) is 0 Å². The van der Waals surface area contributed by atoms with E-state index >= 15 is 0 Å². The van der Waals surface area contributed by atoms with Gasteiger partial charge in [0.15, 0.2) is 0 Å². The van der Waals surface area contributed by atoms with Gasteiger partial charge in [0.05, 0.1) is 6.42 Å². The first-order valence-electron chi connectivity index (χ1n) is 4.04.